The van der Waals surface area contributed by atoms with Crippen molar-refractivity contribution in [3.05, 3.63) is 27.6 Å². The van der Waals surface area contributed by atoms with E-state index in [4.69, 9.17) is 21.1 Å². The number of hydrogen-bond donors (Lipinski definition) is 0. The monoisotopic (exact) mass is 438 g/mol. The van der Waals surface area contributed by atoms with E-state index in [1.54, 1.807) is 23.1 Å². The van der Waals surface area contributed by atoms with Gasteiger partial charge in [-0.3, -0.25) is 19.3 Å². The van der Waals surface area contributed by atoms with Gasteiger partial charge in [-0.2, -0.15) is 0 Å². The molecule has 1 aromatic rings. The summed E-state index contributed by atoms with van der Waals surface area (Å²) in [5, 5.41) is -0.106. The van der Waals surface area contributed by atoms with Crippen molar-refractivity contribution in [2.75, 3.05) is 27.3 Å². The number of nitrogens with zero attached hydrogens (tertiary/aromatic N) is 2. The summed E-state index contributed by atoms with van der Waals surface area (Å²) in [7, 11) is 2.98. The lowest BCUT2D eigenvalue weighted by molar-refractivity contribution is -0.138. The van der Waals surface area contributed by atoms with Gasteiger partial charge in [0.25, 0.3) is 11.1 Å². The topological polar surface area (TPSA) is 76.2 Å². The Morgan fingerprint density at radius 1 is 1.24 bits per heavy atom. The molecule has 2 heterocycles. The number of methoxy groups -OCH3 is 2. The van der Waals surface area contributed by atoms with Gasteiger partial charge in [-0.15, -0.1) is 0 Å². The summed E-state index contributed by atoms with van der Waals surface area (Å²) in [4.78, 5) is 40.8. The largest absolute Gasteiger partial charge is 0.496 e. The van der Waals surface area contributed by atoms with Crippen LogP contribution in [0.25, 0.3) is 6.08 Å². The molecule has 2 saturated heterocycles. The summed E-state index contributed by atoms with van der Waals surface area (Å²) in [5.41, 5.74) is 0.541. The molecule has 0 spiro atoms. The molecule has 1 aromatic carbocycles. The predicted octanol–water partition coefficient (Wildman–Crippen LogP) is 3.79. The first kappa shape index (κ1) is 21.5. The molecule has 3 amide bonds. The van der Waals surface area contributed by atoms with Gasteiger partial charge in [0.2, 0.25) is 5.91 Å². The number of amides is 3. The second-order valence-electron chi connectivity index (χ2n) is 6.93. The van der Waals surface area contributed by atoms with Crippen LogP contribution < -0.4 is 9.47 Å². The fourth-order valence-corrected chi connectivity index (χ4v) is 4.55. The van der Waals surface area contributed by atoms with E-state index in [2.05, 4.69) is 0 Å². The molecular formula is C20H23ClN2O5S. The van der Waals surface area contributed by atoms with Crippen molar-refractivity contribution in [1.82, 2.24) is 9.80 Å². The lowest BCUT2D eigenvalue weighted by Crippen LogP contribution is -2.47. The van der Waals surface area contributed by atoms with Crippen LogP contribution in [0.1, 0.15) is 31.7 Å². The third kappa shape index (κ3) is 4.53. The highest BCUT2D eigenvalue weighted by atomic mass is 35.5. The van der Waals surface area contributed by atoms with Crippen molar-refractivity contribution in [3.63, 3.8) is 0 Å². The molecule has 2 aliphatic rings. The van der Waals surface area contributed by atoms with Crippen LogP contribution in [-0.4, -0.2) is 60.2 Å². The van der Waals surface area contributed by atoms with Crippen molar-refractivity contribution in [2.45, 2.75) is 32.2 Å². The summed E-state index contributed by atoms with van der Waals surface area (Å²) in [6.07, 6.45) is 4.51. The standard InChI is InChI=1S/C20H23ClN2O5S/c1-12-6-4-5-7-22(12)18(24)11-23-19(25)17(29-20(23)26)9-13-8-14(21)16(28-3)10-15(13)27-2/h8-10,12H,4-7,11H2,1-3H3/b17-9-/t12-/m0/s1. The molecular weight excluding hydrogens is 416 g/mol. The number of likely N-dealkylation sites (tertiary alicyclic amines) is 1. The van der Waals surface area contributed by atoms with E-state index in [9.17, 15) is 14.4 Å². The summed E-state index contributed by atoms with van der Waals surface area (Å²) < 4.78 is 10.5. The van der Waals surface area contributed by atoms with E-state index in [1.807, 2.05) is 6.92 Å². The van der Waals surface area contributed by atoms with E-state index < -0.39 is 11.1 Å². The molecule has 2 aliphatic heterocycles. The van der Waals surface area contributed by atoms with Gasteiger partial charge in [0.15, 0.2) is 0 Å². The smallest absolute Gasteiger partial charge is 0.294 e. The second-order valence-corrected chi connectivity index (χ2v) is 8.33. The van der Waals surface area contributed by atoms with Gasteiger partial charge in [-0.25, -0.2) is 0 Å². The number of piperidine rings is 1. The van der Waals surface area contributed by atoms with E-state index >= 15 is 0 Å². The number of halogens is 1. The van der Waals surface area contributed by atoms with Gasteiger partial charge >= 0.3 is 0 Å². The van der Waals surface area contributed by atoms with Gasteiger partial charge in [0, 0.05) is 24.2 Å². The van der Waals surface area contributed by atoms with Crippen LogP contribution in [0.2, 0.25) is 5.02 Å². The van der Waals surface area contributed by atoms with Crippen LogP contribution in [0, 0.1) is 0 Å². The van der Waals surface area contributed by atoms with Gasteiger partial charge in [0.05, 0.1) is 24.1 Å². The fourth-order valence-electron chi connectivity index (χ4n) is 3.47. The Kier molecular flexibility index (Phi) is 6.74. The summed E-state index contributed by atoms with van der Waals surface area (Å²) in [5.74, 6) is 0.198. The number of carbonyl (C=O) groups excluding carboxylic acids is 3. The third-order valence-electron chi connectivity index (χ3n) is 5.08. The van der Waals surface area contributed by atoms with Crippen LogP contribution in [0.3, 0.4) is 0 Å². The Hall–Kier alpha value is -2.19. The molecule has 0 N–H and O–H groups in total. The highest BCUT2D eigenvalue weighted by molar-refractivity contribution is 8.18. The molecule has 3 rings (SSSR count). The van der Waals surface area contributed by atoms with E-state index in [0.717, 1.165) is 35.9 Å². The minimum absolute atomic E-state index is 0.123. The molecule has 0 aromatic heterocycles. The Morgan fingerprint density at radius 3 is 2.62 bits per heavy atom. The Balaban J connectivity index is 1.80. The van der Waals surface area contributed by atoms with E-state index in [0.29, 0.717) is 28.6 Å². The van der Waals surface area contributed by atoms with Gasteiger partial charge < -0.3 is 14.4 Å². The normalized spacial score (nSPS) is 21.1. The van der Waals surface area contributed by atoms with Crippen molar-refractivity contribution in [2.24, 2.45) is 0 Å². The first-order valence-electron chi connectivity index (χ1n) is 9.32. The lowest BCUT2D eigenvalue weighted by atomic mass is 10.0. The van der Waals surface area contributed by atoms with Crippen molar-refractivity contribution >= 4 is 46.5 Å². The molecule has 0 aliphatic carbocycles. The highest BCUT2D eigenvalue weighted by Crippen LogP contribution is 2.37. The summed E-state index contributed by atoms with van der Waals surface area (Å²) in [6, 6.07) is 3.34. The van der Waals surface area contributed by atoms with Crippen LogP contribution >= 0.6 is 23.4 Å². The Bertz CT molecular complexity index is 873. The zero-order valence-electron chi connectivity index (χ0n) is 16.6. The number of rotatable bonds is 5. The number of imide groups is 1. The average Bonchev–Trinajstić information content (AvgIpc) is 2.96. The number of hydrogen-bond acceptors (Lipinski definition) is 6. The number of benzene rings is 1. The fraction of sp³-hybridized carbons (Fsp3) is 0.450. The Labute approximate surface area is 178 Å². The number of carbonyl (C=O) groups is 3. The van der Waals surface area contributed by atoms with Crippen molar-refractivity contribution in [3.8, 4) is 11.5 Å². The van der Waals surface area contributed by atoms with Gasteiger partial charge in [0.1, 0.15) is 18.0 Å². The average molecular weight is 439 g/mol. The predicted molar refractivity (Wildman–Crippen MR) is 112 cm³/mol. The molecule has 29 heavy (non-hydrogen) atoms. The van der Waals surface area contributed by atoms with Crippen LogP contribution in [0.4, 0.5) is 4.79 Å². The molecule has 7 nitrogen and oxygen atoms in total. The van der Waals surface area contributed by atoms with Crippen LogP contribution in [0.15, 0.2) is 17.0 Å². The maximum atomic E-state index is 12.8. The molecule has 0 unspecified atom stereocenters. The Morgan fingerprint density at radius 2 is 1.97 bits per heavy atom. The maximum absolute atomic E-state index is 12.8. The SMILES string of the molecule is COc1cc(OC)c(/C=C2\SC(=O)N(CC(=O)N3CCCC[C@@H]3C)C2=O)cc1Cl. The number of thioether (sulfide) groups is 1. The molecule has 0 saturated carbocycles. The van der Waals surface area contributed by atoms with Crippen LogP contribution in [0.5, 0.6) is 11.5 Å². The maximum Gasteiger partial charge on any atom is 0.294 e. The van der Waals surface area contributed by atoms with Crippen molar-refractivity contribution < 1.29 is 23.9 Å². The minimum Gasteiger partial charge on any atom is -0.496 e. The first-order chi connectivity index (χ1) is 13.8. The first-order valence-corrected chi connectivity index (χ1v) is 10.5. The van der Waals surface area contributed by atoms with Gasteiger partial charge in [-0.1, -0.05) is 11.6 Å². The van der Waals surface area contributed by atoms with Crippen LogP contribution in [-0.2, 0) is 9.59 Å². The van der Waals surface area contributed by atoms with E-state index in [1.165, 1.54) is 14.2 Å². The van der Waals surface area contributed by atoms with Gasteiger partial charge in [-0.05, 0) is 50.1 Å². The van der Waals surface area contributed by atoms with E-state index in [-0.39, 0.29) is 23.4 Å². The zero-order chi connectivity index (χ0) is 21.1. The second kappa shape index (κ2) is 9.09. The molecule has 2 fully saturated rings. The molecule has 156 valence electrons. The molecule has 1 atom stereocenters. The number of ether oxygens (including phenoxy) is 2. The zero-order valence-corrected chi connectivity index (χ0v) is 18.1. The molecule has 0 bridgehead atoms. The lowest BCUT2D eigenvalue weighted by Gasteiger charge is -2.34. The third-order valence-corrected chi connectivity index (χ3v) is 6.28. The quantitative estimate of drug-likeness (QED) is 0.651. The summed E-state index contributed by atoms with van der Waals surface area (Å²) in [6.45, 7) is 2.41. The highest BCUT2D eigenvalue weighted by Gasteiger charge is 2.38. The minimum atomic E-state index is -0.494. The molecule has 9 heteroatoms. The summed E-state index contributed by atoms with van der Waals surface area (Å²) >= 11 is 6.98. The molecule has 0 radical (unpaired) electrons. The van der Waals surface area contributed by atoms with Crippen molar-refractivity contribution in [1.29, 1.82) is 0 Å².